The standard InChI is InChI=1S/C22H30BN10O17P3/c1-30-5-32(15-9(30)17(38)28-21(24)26-15)19-13(36)11(34)7(47-19)3-45-51(23,40)49-53(43,44)50-52(41,42)46-4-8-12(35)14(37)20(48-8)33-6-31(2)10-16(33)27-22(25)29-18(10)39/h5-8,11-14,19-20,34-37H,3-4H2,1-2H3,(H6-2,24,25,26,27,28,29,38,39,41,42,43,44)/t7-,8-,11-,12-,13-,14-,19-,20-,51?/m1/s1. The molecule has 53 heavy (non-hydrogen) atoms. The first-order valence-corrected chi connectivity index (χ1v) is 19.4. The van der Waals surface area contributed by atoms with Crippen LogP contribution in [-0.4, -0.2) is 117 Å². The molecule has 2 aliphatic heterocycles. The highest BCUT2D eigenvalue weighted by Crippen LogP contribution is 2.67. The van der Waals surface area contributed by atoms with E-state index in [0.29, 0.717) is 0 Å². The van der Waals surface area contributed by atoms with Gasteiger partial charge in [-0.25, -0.2) is 32.5 Å². The Morgan fingerprint density at radius 3 is 1.60 bits per heavy atom. The lowest BCUT2D eigenvalue weighted by molar-refractivity contribution is -0.746. The monoisotopic (exact) mass is 810 g/mol. The van der Waals surface area contributed by atoms with E-state index in [0.717, 1.165) is 9.13 Å². The number of fused-ring (bicyclic) bond motifs is 2. The first-order valence-electron chi connectivity index (χ1n) is 14.8. The number of nitrogens with two attached hydrogens (primary N) is 2. The van der Waals surface area contributed by atoms with Crippen molar-refractivity contribution in [2.24, 2.45) is 14.1 Å². The van der Waals surface area contributed by atoms with E-state index in [2.05, 4.69) is 33.1 Å². The molecule has 0 aromatic carbocycles. The molecule has 4 aromatic rings. The van der Waals surface area contributed by atoms with Crippen molar-refractivity contribution in [2.45, 2.75) is 49.1 Å². The van der Waals surface area contributed by atoms with Crippen molar-refractivity contribution in [3.8, 4) is 11.8 Å². The van der Waals surface area contributed by atoms with Gasteiger partial charge >= 0.3 is 26.9 Å². The van der Waals surface area contributed by atoms with Crippen LogP contribution in [-0.2, 0) is 54.9 Å². The molecular formula is C22H30BN10O17P3. The van der Waals surface area contributed by atoms with Crippen molar-refractivity contribution < 1.29 is 90.4 Å². The Kier molecular flexibility index (Phi) is 10.4. The number of aliphatic hydroxyl groups excluding tert-OH is 4. The van der Waals surface area contributed by atoms with E-state index in [4.69, 9.17) is 33.0 Å². The van der Waals surface area contributed by atoms with Gasteiger partial charge in [0.05, 0.1) is 27.3 Å². The summed E-state index contributed by atoms with van der Waals surface area (Å²) in [7, 11) is -8.44. The lowest BCUT2D eigenvalue weighted by Gasteiger charge is -2.22. The zero-order valence-corrected chi connectivity index (χ0v) is 29.7. The Morgan fingerprint density at radius 1 is 0.755 bits per heavy atom. The summed E-state index contributed by atoms with van der Waals surface area (Å²) in [5.41, 5.74) is 10.9. The summed E-state index contributed by atoms with van der Waals surface area (Å²) in [6, 6.07) is 0. The summed E-state index contributed by atoms with van der Waals surface area (Å²) in [6.45, 7) is -2.02. The van der Waals surface area contributed by atoms with Crippen molar-refractivity contribution in [3.63, 3.8) is 0 Å². The highest BCUT2D eigenvalue weighted by atomic mass is 31.3. The van der Waals surface area contributed by atoms with Crippen molar-refractivity contribution in [3.05, 3.63) is 12.7 Å². The zero-order chi connectivity index (χ0) is 38.9. The van der Waals surface area contributed by atoms with Gasteiger partial charge in [-0.1, -0.05) is 9.97 Å². The van der Waals surface area contributed by atoms with E-state index in [1.165, 1.54) is 35.9 Å². The van der Waals surface area contributed by atoms with Crippen LogP contribution >= 0.6 is 23.1 Å². The Morgan fingerprint density at radius 2 is 1.17 bits per heavy atom. The van der Waals surface area contributed by atoms with Crippen molar-refractivity contribution in [2.75, 3.05) is 24.7 Å². The normalized spacial score (nSPS) is 29.7. The van der Waals surface area contributed by atoms with E-state index >= 15 is 0 Å². The van der Waals surface area contributed by atoms with Crippen molar-refractivity contribution >= 4 is 64.9 Å². The first kappa shape index (κ1) is 39.3. The largest absolute Gasteiger partial charge is 0.856 e. The highest BCUT2D eigenvalue weighted by molar-refractivity contribution is 7.84. The fourth-order valence-electron chi connectivity index (χ4n) is 5.70. The van der Waals surface area contributed by atoms with Gasteiger partial charge in [0.25, 0.3) is 19.4 Å². The van der Waals surface area contributed by atoms with E-state index in [-0.39, 0.29) is 28.3 Å². The average Bonchev–Trinajstić information content (AvgIpc) is 3.71. The SMILES string of the molecule is [B]P(=O)(OC[C@H]1O[C@@H]([n+]2cn(C)c3c([O-])nc(N)nc32)[C@H](O)[C@@H]1O)OP(=O)(O)OP(=O)(O)OC[C@H]1O[C@@H]([n+]2cn(C)c3c([O-])nc(N)nc32)[C@H](O)[C@@H]1O. The number of anilines is 2. The fourth-order valence-corrected chi connectivity index (χ4v) is 9.35. The minimum atomic E-state index is -5.88. The topological polar surface area (TPSA) is 395 Å². The maximum Gasteiger partial charge on any atom is 0.487 e. The number of hydrogen-bond acceptors (Lipinski definition) is 21. The van der Waals surface area contributed by atoms with Crippen molar-refractivity contribution in [1.82, 2.24) is 29.1 Å². The van der Waals surface area contributed by atoms with Gasteiger partial charge in [0.1, 0.15) is 36.6 Å². The second-order valence-electron chi connectivity index (χ2n) is 11.7. The molecule has 27 nitrogen and oxygen atoms in total. The van der Waals surface area contributed by atoms with Gasteiger partial charge in [0, 0.05) is 11.8 Å². The Labute approximate surface area is 296 Å². The summed E-state index contributed by atoms with van der Waals surface area (Å²) in [5.74, 6) is -2.28. The molecule has 2 aliphatic rings. The predicted octanol–water partition coefficient (Wildman–Crippen LogP) is -5.38. The minimum absolute atomic E-state index is 0.0251. The number of phosphoric acid groups is 2. The van der Waals surface area contributed by atoms with E-state index in [9.17, 15) is 54.1 Å². The third kappa shape index (κ3) is 7.75. The van der Waals surface area contributed by atoms with E-state index in [1.807, 2.05) is 0 Å². The third-order valence-corrected chi connectivity index (χ3v) is 12.3. The number of aromatic nitrogens is 8. The number of aryl methyl sites for hydroxylation is 2. The first-order chi connectivity index (χ1) is 24.6. The van der Waals surface area contributed by atoms with Crippen LogP contribution in [0.1, 0.15) is 12.5 Å². The third-order valence-electron chi connectivity index (χ3n) is 7.96. The molecule has 6 heterocycles. The number of ether oxygens (including phenoxy) is 2. The number of nitrogens with zero attached hydrogens (tertiary/aromatic N) is 8. The molecular weight excluding hydrogens is 780 g/mol. The number of hydrogen-bond donors (Lipinski definition) is 8. The van der Waals surface area contributed by atoms with Gasteiger partial charge in [-0.15, -0.1) is 0 Å². The molecule has 6 rings (SSSR count). The molecule has 0 aliphatic carbocycles. The van der Waals surface area contributed by atoms with Gasteiger partial charge < -0.3 is 65.9 Å². The smallest absolute Gasteiger partial charge is 0.487 e. The molecule has 288 valence electrons. The molecule has 10 N–H and O–H groups in total. The Hall–Kier alpha value is -3.43. The van der Waals surface area contributed by atoms with Gasteiger partial charge in [0.2, 0.25) is 20.0 Å². The molecule has 11 atom stereocenters. The maximum atomic E-state index is 12.7. The molecule has 2 radical (unpaired) electrons. The number of nitrogen functional groups attached to an aromatic ring is 2. The van der Waals surface area contributed by atoms with E-state index < -0.39 is 103 Å². The molecule has 4 aromatic heterocycles. The molecule has 0 saturated carbocycles. The number of phosphoric ester groups is 1. The van der Waals surface area contributed by atoms with Crippen LogP contribution in [0.5, 0.6) is 11.8 Å². The predicted molar refractivity (Wildman–Crippen MR) is 164 cm³/mol. The lowest BCUT2D eigenvalue weighted by atomic mass is 10.1. The highest BCUT2D eigenvalue weighted by Gasteiger charge is 2.50. The fraction of sp³-hybridized carbons (Fsp3) is 0.545. The number of rotatable bonds is 12. The number of aliphatic hydroxyl groups is 4. The molecule has 3 unspecified atom stereocenters. The van der Waals surface area contributed by atoms with Gasteiger partial charge in [-0.2, -0.15) is 4.31 Å². The molecule has 2 fully saturated rings. The van der Waals surface area contributed by atoms with E-state index in [1.54, 1.807) is 0 Å². The minimum Gasteiger partial charge on any atom is -0.856 e. The van der Waals surface area contributed by atoms with Gasteiger partial charge in [0.15, 0.2) is 23.7 Å². The molecule has 2 saturated heterocycles. The summed E-state index contributed by atoms with van der Waals surface area (Å²) in [4.78, 5) is 35.1. The van der Waals surface area contributed by atoms with Crippen LogP contribution < -0.4 is 30.8 Å². The zero-order valence-electron chi connectivity index (χ0n) is 27.0. The van der Waals surface area contributed by atoms with Gasteiger partial charge in [-0.3, -0.25) is 18.2 Å². The summed E-state index contributed by atoms with van der Waals surface area (Å²) >= 11 is 0. The number of imidazole rings is 2. The molecule has 31 heteroatoms. The van der Waals surface area contributed by atoms with Crippen LogP contribution in [0.2, 0.25) is 0 Å². The van der Waals surface area contributed by atoms with Crippen LogP contribution in [0, 0.1) is 0 Å². The summed E-state index contributed by atoms with van der Waals surface area (Å²) in [6.07, 6.45) is -10.5. The van der Waals surface area contributed by atoms with Crippen molar-refractivity contribution in [1.29, 1.82) is 0 Å². The summed E-state index contributed by atoms with van der Waals surface area (Å²) < 4.78 is 71.7. The average molecular weight is 810 g/mol. The lowest BCUT2D eigenvalue weighted by Crippen LogP contribution is -2.46. The Bertz CT molecular complexity index is 2060. The molecule has 0 amide bonds. The Balaban J connectivity index is 1.05. The van der Waals surface area contributed by atoms with Crippen LogP contribution in [0.4, 0.5) is 11.9 Å². The quantitative estimate of drug-likeness (QED) is 0.0376. The van der Waals surface area contributed by atoms with Crippen LogP contribution in [0.15, 0.2) is 12.7 Å². The second kappa shape index (κ2) is 14.0. The van der Waals surface area contributed by atoms with Gasteiger partial charge in [-0.05, 0) is 0 Å². The van der Waals surface area contributed by atoms with Crippen LogP contribution in [0.25, 0.3) is 22.3 Å². The molecule has 0 spiro atoms. The van der Waals surface area contributed by atoms with Crippen LogP contribution in [0.3, 0.4) is 0 Å². The summed E-state index contributed by atoms with van der Waals surface area (Å²) in [5, 5.41) is 66.9. The second-order valence-corrected chi connectivity index (χ2v) is 16.5. The maximum absolute atomic E-state index is 12.7. The molecule has 0 bridgehead atoms.